The molecule has 0 unspecified atom stereocenters. The van der Waals surface area contributed by atoms with Gasteiger partial charge in [-0.1, -0.05) is 50.4 Å². The van der Waals surface area contributed by atoms with Gasteiger partial charge in [-0.15, -0.1) is 0 Å². The molecule has 6 rings (SSSR count). The fourth-order valence-electron chi connectivity index (χ4n) is 7.89. The summed E-state index contributed by atoms with van der Waals surface area (Å²) in [6.45, 7) is 9.60. The molecule has 3 amide bonds. The highest BCUT2D eigenvalue weighted by Gasteiger charge is 2.72. The number of carbonyl (C=O) groups is 3. The van der Waals surface area contributed by atoms with Gasteiger partial charge in [0.2, 0.25) is 17.7 Å². The standard InChI is InChI=1S/C32H43ClFN5O4/c1-19-6-4-7-24(20(19)2)36-30(41)28-32-11-10-25(43-32)26(29(40)35-21-8-9-23(34)22(33)18-21)27(32)31(42)39(28)13-5-12-38-16-14-37(3)15-17-38/h8-11,18-20,24-28H,4-7,12-17H2,1-3H3,(H,35,40)(H,36,41)/t19-,20+,24+,25+,26-,27+,28+,32+/m1/s1. The van der Waals surface area contributed by atoms with Crippen molar-refractivity contribution in [2.75, 3.05) is 51.6 Å². The lowest BCUT2D eigenvalue weighted by Crippen LogP contribution is -2.58. The van der Waals surface area contributed by atoms with Gasteiger partial charge in [-0.3, -0.25) is 14.4 Å². The maximum absolute atomic E-state index is 14.2. The number of nitrogens with one attached hydrogen (secondary N) is 2. The third kappa shape index (κ3) is 5.60. The van der Waals surface area contributed by atoms with Gasteiger partial charge >= 0.3 is 0 Å². The van der Waals surface area contributed by atoms with Crippen LogP contribution in [0.2, 0.25) is 5.02 Å². The van der Waals surface area contributed by atoms with E-state index >= 15 is 0 Å². The molecule has 1 aromatic rings. The van der Waals surface area contributed by atoms with Gasteiger partial charge in [-0.05, 0) is 56.5 Å². The summed E-state index contributed by atoms with van der Waals surface area (Å²) >= 11 is 5.94. The smallest absolute Gasteiger partial charge is 0.246 e. The number of rotatable bonds is 8. The van der Waals surface area contributed by atoms with Crippen LogP contribution in [0, 0.1) is 29.5 Å². The average molecular weight is 616 g/mol. The lowest BCUT2D eigenvalue weighted by molar-refractivity contribution is -0.141. The maximum atomic E-state index is 14.2. The molecule has 1 aliphatic carbocycles. The van der Waals surface area contributed by atoms with E-state index in [1.54, 1.807) is 4.90 Å². The molecule has 1 saturated carbocycles. The SMILES string of the molecule is C[C@H]1[C@H](C)CCC[C@@H]1NC(=O)[C@@H]1N(CCCN2CCN(C)CC2)C(=O)[C@@H]2[C@H](C(=O)Nc3ccc(F)c(Cl)c3)[C@@H]3C=C[C@]21O3. The molecule has 8 atom stereocenters. The first kappa shape index (κ1) is 30.5. The molecular formula is C32H43ClFN5O4. The summed E-state index contributed by atoms with van der Waals surface area (Å²) in [5.41, 5.74) is -0.882. The molecule has 0 aromatic heterocycles. The molecule has 11 heteroatoms. The second-order valence-electron chi connectivity index (χ2n) is 13.2. The zero-order valence-corrected chi connectivity index (χ0v) is 26.0. The first-order chi connectivity index (χ1) is 20.6. The predicted molar refractivity (Wildman–Crippen MR) is 162 cm³/mol. The van der Waals surface area contributed by atoms with Crippen molar-refractivity contribution in [3.05, 3.63) is 41.2 Å². The Labute approximate surface area is 258 Å². The maximum Gasteiger partial charge on any atom is 0.246 e. The molecule has 5 aliphatic rings. The van der Waals surface area contributed by atoms with Gasteiger partial charge in [-0.25, -0.2) is 4.39 Å². The number of piperazine rings is 1. The number of likely N-dealkylation sites (N-methyl/N-ethyl adjacent to an activating group) is 1. The van der Waals surface area contributed by atoms with Crippen LogP contribution < -0.4 is 10.6 Å². The van der Waals surface area contributed by atoms with Crippen molar-refractivity contribution in [2.45, 2.75) is 63.3 Å². The Bertz CT molecular complexity index is 1290. The molecule has 4 aliphatic heterocycles. The van der Waals surface area contributed by atoms with E-state index in [4.69, 9.17) is 16.3 Å². The zero-order valence-electron chi connectivity index (χ0n) is 25.2. The number of fused-ring (bicyclic) bond motifs is 1. The number of hydrogen-bond acceptors (Lipinski definition) is 6. The van der Waals surface area contributed by atoms with E-state index in [-0.39, 0.29) is 22.9 Å². The lowest BCUT2D eigenvalue weighted by atomic mass is 9.73. The zero-order chi connectivity index (χ0) is 30.5. The van der Waals surface area contributed by atoms with Crippen LogP contribution in [-0.2, 0) is 19.1 Å². The van der Waals surface area contributed by atoms with Crippen molar-refractivity contribution in [2.24, 2.45) is 23.7 Å². The van der Waals surface area contributed by atoms with Crippen LogP contribution in [0.1, 0.15) is 39.5 Å². The number of halogens is 2. The minimum absolute atomic E-state index is 0.0268. The summed E-state index contributed by atoms with van der Waals surface area (Å²) in [6.07, 6.45) is 6.84. The monoisotopic (exact) mass is 615 g/mol. The number of amides is 3. The number of carbonyl (C=O) groups excluding carboxylic acids is 3. The molecule has 2 N–H and O–H groups in total. The number of likely N-dealkylation sites (tertiary alicyclic amines) is 1. The van der Waals surface area contributed by atoms with Crippen molar-refractivity contribution < 1.29 is 23.5 Å². The van der Waals surface area contributed by atoms with E-state index < -0.39 is 41.3 Å². The van der Waals surface area contributed by atoms with Crippen LogP contribution in [-0.4, -0.2) is 103 Å². The first-order valence-electron chi connectivity index (χ1n) is 15.7. The summed E-state index contributed by atoms with van der Waals surface area (Å²) in [5.74, 6) is -2.27. The van der Waals surface area contributed by atoms with Gasteiger partial charge in [0.15, 0.2) is 0 Å². The highest BCUT2D eigenvalue weighted by atomic mass is 35.5. The van der Waals surface area contributed by atoms with Gasteiger partial charge in [-0.2, -0.15) is 0 Å². The Kier molecular flexibility index (Phi) is 8.58. The highest BCUT2D eigenvalue weighted by Crippen LogP contribution is 2.55. The molecule has 9 nitrogen and oxygen atoms in total. The number of ether oxygens (including phenoxy) is 1. The summed E-state index contributed by atoms with van der Waals surface area (Å²) in [6, 6.07) is 3.13. The third-order valence-corrected chi connectivity index (χ3v) is 10.9. The fraction of sp³-hybridized carbons (Fsp3) is 0.656. The topological polar surface area (TPSA) is 94.2 Å². The number of anilines is 1. The molecule has 4 heterocycles. The van der Waals surface area contributed by atoms with Crippen molar-refractivity contribution in [1.29, 1.82) is 0 Å². The largest absolute Gasteiger partial charge is 0.359 e. The van der Waals surface area contributed by atoms with Crippen molar-refractivity contribution >= 4 is 35.0 Å². The molecule has 43 heavy (non-hydrogen) atoms. The van der Waals surface area contributed by atoms with E-state index in [0.29, 0.717) is 24.1 Å². The Morgan fingerprint density at radius 1 is 1.12 bits per heavy atom. The van der Waals surface area contributed by atoms with E-state index in [9.17, 15) is 18.8 Å². The summed E-state index contributed by atoms with van der Waals surface area (Å²) in [7, 11) is 2.12. The molecule has 1 aromatic carbocycles. The van der Waals surface area contributed by atoms with Crippen molar-refractivity contribution in [1.82, 2.24) is 20.0 Å². The summed E-state index contributed by atoms with van der Waals surface area (Å²) in [4.78, 5) is 48.5. The Morgan fingerprint density at radius 2 is 1.88 bits per heavy atom. The molecule has 4 fully saturated rings. The minimum Gasteiger partial charge on any atom is -0.359 e. The Balaban J connectivity index is 1.24. The van der Waals surface area contributed by atoms with Crippen LogP contribution in [0.25, 0.3) is 0 Å². The highest BCUT2D eigenvalue weighted by molar-refractivity contribution is 6.31. The Hall–Kier alpha value is -2.53. The van der Waals surface area contributed by atoms with Gasteiger partial charge in [0, 0.05) is 44.5 Å². The van der Waals surface area contributed by atoms with E-state index in [0.717, 1.165) is 58.4 Å². The van der Waals surface area contributed by atoms with Crippen molar-refractivity contribution in [3.8, 4) is 0 Å². The van der Waals surface area contributed by atoms with Gasteiger partial charge in [0.1, 0.15) is 17.5 Å². The van der Waals surface area contributed by atoms with Crippen LogP contribution >= 0.6 is 11.6 Å². The number of nitrogens with zero attached hydrogens (tertiary/aromatic N) is 3. The number of hydrogen-bond donors (Lipinski definition) is 2. The lowest BCUT2D eigenvalue weighted by Gasteiger charge is -2.38. The molecule has 0 radical (unpaired) electrons. The van der Waals surface area contributed by atoms with E-state index in [1.165, 1.54) is 18.2 Å². The summed E-state index contributed by atoms with van der Waals surface area (Å²) in [5, 5.41) is 6.01. The molecular weight excluding hydrogens is 573 g/mol. The van der Waals surface area contributed by atoms with Crippen LogP contribution in [0.4, 0.5) is 10.1 Å². The minimum atomic E-state index is -1.22. The van der Waals surface area contributed by atoms with Gasteiger partial charge < -0.3 is 30.1 Å². The van der Waals surface area contributed by atoms with Crippen LogP contribution in [0.5, 0.6) is 0 Å². The average Bonchev–Trinajstić information content (AvgIpc) is 3.62. The second kappa shape index (κ2) is 12.1. The van der Waals surface area contributed by atoms with Gasteiger partial charge in [0.05, 0.1) is 23.0 Å². The molecule has 234 valence electrons. The molecule has 1 spiro atoms. The van der Waals surface area contributed by atoms with E-state index in [2.05, 4.69) is 41.3 Å². The summed E-state index contributed by atoms with van der Waals surface area (Å²) < 4.78 is 20.2. The second-order valence-corrected chi connectivity index (χ2v) is 13.6. The number of benzene rings is 1. The first-order valence-corrected chi connectivity index (χ1v) is 16.1. The predicted octanol–water partition coefficient (Wildman–Crippen LogP) is 3.15. The Morgan fingerprint density at radius 3 is 2.63 bits per heavy atom. The third-order valence-electron chi connectivity index (χ3n) is 10.6. The van der Waals surface area contributed by atoms with Crippen molar-refractivity contribution in [3.63, 3.8) is 0 Å². The quantitative estimate of drug-likeness (QED) is 0.437. The van der Waals surface area contributed by atoms with Crippen LogP contribution in [0.15, 0.2) is 30.4 Å². The molecule has 2 bridgehead atoms. The normalized spacial score (nSPS) is 35.8. The molecule has 3 saturated heterocycles. The van der Waals surface area contributed by atoms with Gasteiger partial charge in [0.25, 0.3) is 0 Å². The van der Waals surface area contributed by atoms with E-state index in [1.807, 2.05) is 12.2 Å². The van der Waals surface area contributed by atoms with Crippen LogP contribution in [0.3, 0.4) is 0 Å². The fourth-order valence-corrected chi connectivity index (χ4v) is 8.07.